The van der Waals surface area contributed by atoms with Gasteiger partial charge in [-0.2, -0.15) is 0 Å². The van der Waals surface area contributed by atoms with Crippen molar-refractivity contribution in [3.63, 3.8) is 0 Å². The zero-order valence-electron chi connectivity index (χ0n) is 9.75. The molecule has 3 N–H and O–H groups in total. The normalized spacial score (nSPS) is 10.8. The number of pyridine rings is 1. The van der Waals surface area contributed by atoms with Gasteiger partial charge < -0.3 is 10.2 Å². The Morgan fingerprint density at radius 1 is 1.41 bits per heavy atom. The SMILES string of the molecule is COCc1cc(NN)c2cc(Br)cc(C)c2n1. The number of nitrogens with two attached hydrogens (primary N) is 1. The Hall–Kier alpha value is -1.17. The standard InChI is InChI=1S/C12H14BrN3O/c1-7-3-8(13)4-10-11(16-14)5-9(6-17-2)15-12(7)10/h3-5H,6,14H2,1-2H3,(H,15,16). The first-order valence-corrected chi connectivity index (χ1v) is 6.00. The smallest absolute Gasteiger partial charge is 0.0885 e. The molecule has 0 amide bonds. The molecule has 2 aromatic rings. The Morgan fingerprint density at radius 2 is 2.18 bits per heavy atom. The van der Waals surface area contributed by atoms with Crippen molar-refractivity contribution in [3.05, 3.63) is 33.9 Å². The van der Waals surface area contributed by atoms with Gasteiger partial charge in [-0.1, -0.05) is 15.9 Å². The number of nitrogen functional groups attached to an aromatic ring is 1. The van der Waals surface area contributed by atoms with Crippen molar-refractivity contribution in [2.24, 2.45) is 5.84 Å². The van der Waals surface area contributed by atoms with Crippen molar-refractivity contribution < 1.29 is 4.74 Å². The summed E-state index contributed by atoms with van der Waals surface area (Å²) >= 11 is 3.47. The number of fused-ring (bicyclic) bond motifs is 1. The number of aryl methyl sites for hydroxylation is 1. The monoisotopic (exact) mass is 295 g/mol. The number of halogens is 1. The summed E-state index contributed by atoms with van der Waals surface area (Å²) < 4.78 is 6.11. The number of ether oxygens (including phenoxy) is 1. The summed E-state index contributed by atoms with van der Waals surface area (Å²) in [6, 6.07) is 5.94. The molecule has 0 saturated heterocycles. The van der Waals surface area contributed by atoms with Gasteiger partial charge in [-0.15, -0.1) is 0 Å². The van der Waals surface area contributed by atoms with E-state index in [1.807, 2.05) is 25.1 Å². The van der Waals surface area contributed by atoms with Crippen LogP contribution in [0.5, 0.6) is 0 Å². The lowest BCUT2D eigenvalue weighted by atomic mass is 10.1. The molecule has 1 heterocycles. The molecule has 0 radical (unpaired) electrons. The fourth-order valence-electron chi connectivity index (χ4n) is 1.85. The number of anilines is 1. The number of nitrogens with zero attached hydrogens (tertiary/aromatic N) is 1. The minimum Gasteiger partial charge on any atom is -0.378 e. The van der Waals surface area contributed by atoms with Crippen molar-refractivity contribution in [1.29, 1.82) is 0 Å². The zero-order chi connectivity index (χ0) is 12.4. The van der Waals surface area contributed by atoms with E-state index >= 15 is 0 Å². The Bertz CT molecular complexity index is 557. The first kappa shape index (κ1) is 12.3. The van der Waals surface area contributed by atoms with Crippen molar-refractivity contribution in [1.82, 2.24) is 4.98 Å². The van der Waals surface area contributed by atoms with Gasteiger partial charge in [0.15, 0.2) is 0 Å². The highest BCUT2D eigenvalue weighted by atomic mass is 79.9. The highest BCUT2D eigenvalue weighted by Gasteiger charge is 2.08. The Morgan fingerprint density at radius 3 is 2.82 bits per heavy atom. The molecule has 0 aliphatic rings. The van der Waals surface area contributed by atoms with E-state index in [9.17, 15) is 0 Å². The van der Waals surface area contributed by atoms with Gasteiger partial charge in [0.2, 0.25) is 0 Å². The van der Waals surface area contributed by atoms with E-state index in [1.165, 1.54) is 0 Å². The van der Waals surface area contributed by atoms with Crippen LogP contribution in [0.3, 0.4) is 0 Å². The molecule has 0 saturated carbocycles. The van der Waals surface area contributed by atoms with E-state index in [-0.39, 0.29) is 0 Å². The van der Waals surface area contributed by atoms with Crippen LogP contribution in [0.25, 0.3) is 10.9 Å². The highest BCUT2D eigenvalue weighted by Crippen LogP contribution is 2.28. The van der Waals surface area contributed by atoms with E-state index in [2.05, 4.69) is 26.3 Å². The summed E-state index contributed by atoms with van der Waals surface area (Å²) in [5.74, 6) is 5.55. The van der Waals surface area contributed by atoms with E-state index in [1.54, 1.807) is 7.11 Å². The third-order valence-corrected chi connectivity index (χ3v) is 3.03. The van der Waals surface area contributed by atoms with Gasteiger partial charge in [0.05, 0.1) is 23.5 Å². The van der Waals surface area contributed by atoms with Crippen molar-refractivity contribution in [3.8, 4) is 0 Å². The lowest BCUT2D eigenvalue weighted by Gasteiger charge is -2.11. The lowest BCUT2D eigenvalue weighted by Crippen LogP contribution is -2.09. The van der Waals surface area contributed by atoms with Crippen molar-refractivity contribution >= 4 is 32.5 Å². The van der Waals surface area contributed by atoms with Crippen LogP contribution >= 0.6 is 15.9 Å². The molecule has 4 nitrogen and oxygen atoms in total. The average molecular weight is 296 g/mol. The Balaban J connectivity index is 2.73. The fraction of sp³-hybridized carbons (Fsp3) is 0.250. The maximum atomic E-state index is 5.55. The number of methoxy groups -OCH3 is 1. The van der Waals surface area contributed by atoms with Crippen LogP contribution in [0.15, 0.2) is 22.7 Å². The van der Waals surface area contributed by atoms with Crippen LogP contribution in [0.4, 0.5) is 5.69 Å². The second kappa shape index (κ2) is 5.00. The minimum absolute atomic E-state index is 0.472. The molecule has 0 aliphatic carbocycles. The van der Waals surface area contributed by atoms with E-state index in [0.29, 0.717) is 6.61 Å². The number of hydrogen-bond acceptors (Lipinski definition) is 4. The summed E-state index contributed by atoms with van der Waals surface area (Å²) in [4.78, 5) is 4.57. The largest absolute Gasteiger partial charge is 0.378 e. The second-order valence-corrected chi connectivity index (χ2v) is 4.77. The molecular weight excluding hydrogens is 282 g/mol. The molecule has 90 valence electrons. The number of benzene rings is 1. The van der Waals surface area contributed by atoms with Gasteiger partial charge in [0.1, 0.15) is 0 Å². The molecule has 0 aliphatic heterocycles. The van der Waals surface area contributed by atoms with Gasteiger partial charge in [0.25, 0.3) is 0 Å². The van der Waals surface area contributed by atoms with Crippen LogP contribution in [0.1, 0.15) is 11.3 Å². The third kappa shape index (κ3) is 2.41. The first-order chi connectivity index (χ1) is 8.15. The number of aromatic nitrogens is 1. The molecular formula is C12H14BrN3O. The van der Waals surface area contributed by atoms with Gasteiger partial charge in [-0.25, -0.2) is 4.98 Å². The molecule has 0 spiro atoms. The maximum Gasteiger partial charge on any atom is 0.0885 e. The third-order valence-electron chi connectivity index (χ3n) is 2.57. The number of hydrogen-bond donors (Lipinski definition) is 2. The van der Waals surface area contributed by atoms with E-state index in [0.717, 1.165) is 32.3 Å². The highest BCUT2D eigenvalue weighted by molar-refractivity contribution is 9.10. The van der Waals surface area contributed by atoms with Crippen LogP contribution in [0, 0.1) is 6.92 Å². The summed E-state index contributed by atoms with van der Waals surface area (Å²) in [5.41, 5.74) is 6.46. The summed E-state index contributed by atoms with van der Waals surface area (Å²) in [5, 5.41) is 0.999. The molecule has 0 bridgehead atoms. The molecule has 1 aromatic carbocycles. The second-order valence-electron chi connectivity index (χ2n) is 3.86. The Labute approximate surface area is 108 Å². The summed E-state index contributed by atoms with van der Waals surface area (Å²) in [7, 11) is 1.65. The Kier molecular flexibility index (Phi) is 3.61. The lowest BCUT2D eigenvalue weighted by molar-refractivity contribution is 0.182. The topological polar surface area (TPSA) is 60.2 Å². The van der Waals surface area contributed by atoms with Crippen LogP contribution < -0.4 is 11.3 Å². The van der Waals surface area contributed by atoms with Crippen molar-refractivity contribution in [2.75, 3.05) is 12.5 Å². The van der Waals surface area contributed by atoms with Crippen molar-refractivity contribution in [2.45, 2.75) is 13.5 Å². The van der Waals surface area contributed by atoms with E-state index in [4.69, 9.17) is 10.6 Å². The molecule has 17 heavy (non-hydrogen) atoms. The van der Waals surface area contributed by atoms with Crippen LogP contribution in [-0.2, 0) is 11.3 Å². The zero-order valence-corrected chi connectivity index (χ0v) is 11.3. The van der Waals surface area contributed by atoms with Gasteiger partial charge in [-0.05, 0) is 30.7 Å². The molecule has 0 atom stereocenters. The molecule has 1 aromatic heterocycles. The number of rotatable bonds is 3. The quantitative estimate of drug-likeness (QED) is 0.675. The predicted molar refractivity (Wildman–Crippen MR) is 72.7 cm³/mol. The van der Waals surface area contributed by atoms with E-state index < -0.39 is 0 Å². The minimum atomic E-state index is 0.472. The van der Waals surface area contributed by atoms with Gasteiger partial charge in [0, 0.05) is 17.0 Å². The fourth-order valence-corrected chi connectivity index (χ4v) is 2.42. The number of nitrogens with one attached hydrogen (secondary N) is 1. The molecule has 0 fully saturated rings. The molecule has 5 heteroatoms. The predicted octanol–water partition coefficient (Wildman–Crippen LogP) is 2.74. The molecule has 0 unspecified atom stereocenters. The average Bonchev–Trinajstić information content (AvgIpc) is 2.29. The number of hydrazine groups is 1. The van der Waals surface area contributed by atoms with Gasteiger partial charge >= 0.3 is 0 Å². The maximum absolute atomic E-state index is 5.55. The van der Waals surface area contributed by atoms with Gasteiger partial charge in [-0.3, -0.25) is 5.84 Å². The molecule has 2 rings (SSSR count). The summed E-state index contributed by atoms with van der Waals surface area (Å²) in [6.07, 6.45) is 0. The van der Waals surface area contributed by atoms with Crippen LogP contribution in [-0.4, -0.2) is 12.1 Å². The first-order valence-electron chi connectivity index (χ1n) is 5.21. The van der Waals surface area contributed by atoms with Crippen LogP contribution in [0.2, 0.25) is 0 Å². The summed E-state index contributed by atoms with van der Waals surface area (Å²) in [6.45, 7) is 2.50.